The van der Waals surface area contributed by atoms with Crippen LogP contribution in [-0.2, 0) is 14.3 Å². The number of carbonyl (C=O) groups excluding carboxylic acids is 1. The van der Waals surface area contributed by atoms with Gasteiger partial charge in [-0.1, -0.05) is 184 Å². The fourth-order valence-corrected chi connectivity index (χ4v) is 5.82. The number of unbranched alkanes of at least 4 members (excludes halogenated alkanes) is 19. The molecule has 0 aromatic heterocycles. The van der Waals surface area contributed by atoms with E-state index in [4.69, 9.17) is 4.74 Å². The molecular formula is C44H76O4. The van der Waals surface area contributed by atoms with Gasteiger partial charge in [0.15, 0.2) is 0 Å². The lowest BCUT2D eigenvalue weighted by Gasteiger charge is -2.16. The lowest BCUT2D eigenvalue weighted by Crippen LogP contribution is -2.21. The van der Waals surface area contributed by atoms with Crippen LogP contribution in [0.4, 0.5) is 0 Å². The average molecular weight is 669 g/mol. The summed E-state index contributed by atoms with van der Waals surface area (Å²) in [6.45, 7) is 4.43. The third-order valence-corrected chi connectivity index (χ3v) is 8.74. The van der Waals surface area contributed by atoms with Crippen LogP contribution in [0.25, 0.3) is 0 Å². The van der Waals surface area contributed by atoms with Gasteiger partial charge in [-0.25, -0.2) is 0 Å². The van der Waals surface area contributed by atoms with E-state index in [0.717, 1.165) is 70.6 Å². The number of carbonyl (C=O) groups is 2. The van der Waals surface area contributed by atoms with Gasteiger partial charge in [0.05, 0.1) is 6.42 Å². The lowest BCUT2D eigenvalue weighted by atomic mass is 10.0. The molecule has 0 saturated carbocycles. The highest BCUT2D eigenvalue weighted by Gasteiger charge is 2.17. The van der Waals surface area contributed by atoms with E-state index in [2.05, 4.69) is 74.6 Å². The van der Waals surface area contributed by atoms with Gasteiger partial charge < -0.3 is 9.84 Å². The third kappa shape index (κ3) is 38.1. The zero-order valence-electron chi connectivity index (χ0n) is 31.5. The molecule has 0 aliphatic rings. The maximum absolute atomic E-state index is 12.4. The zero-order chi connectivity index (χ0) is 35.0. The highest BCUT2D eigenvalue weighted by molar-refractivity contribution is 5.71. The molecule has 4 heteroatoms. The van der Waals surface area contributed by atoms with E-state index in [1.165, 1.54) is 96.3 Å². The molecule has 0 radical (unpaired) electrons. The molecule has 0 aliphatic carbocycles. The maximum Gasteiger partial charge on any atom is 0.307 e. The largest absolute Gasteiger partial charge is 0.481 e. The smallest absolute Gasteiger partial charge is 0.307 e. The molecule has 0 aromatic rings. The van der Waals surface area contributed by atoms with Gasteiger partial charge in [0, 0.05) is 6.42 Å². The standard InChI is InChI=1S/C44H76O4/c1-3-5-7-9-11-13-15-17-19-21-22-24-26-28-30-32-34-36-38-40-44(47)48-42(41-43(45)46)39-37-35-33-31-29-27-25-23-20-18-16-14-12-10-8-6-4-2/h5,7,11,13,17,19,22,24,28,30,42H,3-4,6,8-10,12,14-16,18,20-21,23,25-27,29,31-41H2,1-2H3,(H,45,46)/b7-5-,13-11-,19-17-,24-22-,30-28-. The number of carboxylic acid groups (broad SMARTS) is 1. The van der Waals surface area contributed by atoms with Crippen molar-refractivity contribution in [1.82, 2.24) is 0 Å². The number of aliphatic carboxylic acids is 1. The van der Waals surface area contributed by atoms with Crippen molar-refractivity contribution in [1.29, 1.82) is 0 Å². The first-order valence-corrected chi connectivity index (χ1v) is 20.3. The molecule has 1 unspecified atom stereocenters. The Bertz CT molecular complexity index is 850. The minimum atomic E-state index is -0.892. The summed E-state index contributed by atoms with van der Waals surface area (Å²) in [6, 6.07) is 0. The maximum atomic E-state index is 12.4. The van der Waals surface area contributed by atoms with Crippen LogP contribution in [0, 0.1) is 0 Å². The highest BCUT2D eigenvalue weighted by Crippen LogP contribution is 2.17. The van der Waals surface area contributed by atoms with Gasteiger partial charge in [-0.2, -0.15) is 0 Å². The molecule has 1 atom stereocenters. The Labute approximate surface area is 297 Å². The van der Waals surface area contributed by atoms with Crippen molar-refractivity contribution in [2.45, 2.75) is 206 Å². The Morgan fingerprint density at radius 2 is 0.896 bits per heavy atom. The molecule has 48 heavy (non-hydrogen) atoms. The molecule has 0 bridgehead atoms. The van der Waals surface area contributed by atoms with E-state index >= 15 is 0 Å². The van der Waals surface area contributed by atoms with Crippen LogP contribution in [0.3, 0.4) is 0 Å². The van der Waals surface area contributed by atoms with Crippen LogP contribution in [0.1, 0.15) is 200 Å². The summed E-state index contributed by atoms with van der Waals surface area (Å²) in [6.07, 6.45) is 53.9. The van der Waals surface area contributed by atoms with Gasteiger partial charge in [-0.3, -0.25) is 9.59 Å². The van der Waals surface area contributed by atoms with E-state index in [1.54, 1.807) is 0 Å². The van der Waals surface area contributed by atoms with E-state index in [-0.39, 0.29) is 12.4 Å². The van der Waals surface area contributed by atoms with Crippen LogP contribution >= 0.6 is 0 Å². The van der Waals surface area contributed by atoms with Crippen molar-refractivity contribution in [2.75, 3.05) is 0 Å². The Balaban J connectivity index is 3.73. The summed E-state index contributed by atoms with van der Waals surface area (Å²) in [7, 11) is 0. The number of esters is 1. The van der Waals surface area contributed by atoms with Gasteiger partial charge in [0.25, 0.3) is 0 Å². The fraction of sp³-hybridized carbons (Fsp3) is 0.727. The quantitative estimate of drug-likeness (QED) is 0.0410. The summed E-state index contributed by atoms with van der Waals surface area (Å²) in [4.78, 5) is 23.7. The molecule has 0 saturated heterocycles. The molecule has 1 N–H and O–H groups in total. The summed E-state index contributed by atoms with van der Waals surface area (Å²) < 4.78 is 5.58. The first kappa shape index (κ1) is 45.6. The number of rotatable bonds is 36. The molecule has 0 aromatic carbocycles. The second kappa shape index (κ2) is 39.1. The van der Waals surface area contributed by atoms with E-state index in [9.17, 15) is 14.7 Å². The van der Waals surface area contributed by atoms with Crippen molar-refractivity contribution < 1.29 is 19.4 Å². The predicted octanol–water partition coefficient (Wildman–Crippen LogP) is 14.1. The SMILES string of the molecule is CC/C=C\C/C=C\C/C=C\C/C=C\C/C=C\CCCCCC(=O)OC(CCCCCCCCCCCCCCCCCCC)CC(=O)O. The van der Waals surface area contributed by atoms with Crippen molar-refractivity contribution in [2.24, 2.45) is 0 Å². The molecule has 0 rings (SSSR count). The Hall–Kier alpha value is -2.36. The van der Waals surface area contributed by atoms with E-state index < -0.39 is 12.1 Å². The van der Waals surface area contributed by atoms with Crippen LogP contribution < -0.4 is 0 Å². The summed E-state index contributed by atoms with van der Waals surface area (Å²) in [5, 5.41) is 9.28. The van der Waals surface area contributed by atoms with Gasteiger partial charge >= 0.3 is 11.9 Å². The molecule has 0 spiro atoms. The monoisotopic (exact) mass is 669 g/mol. The molecular weight excluding hydrogens is 592 g/mol. The zero-order valence-corrected chi connectivity index (χ0v) is 31.5. The topological polar surface area (TPSA) is 63.6 Å². The second-order valence-electron chi connectivity index (χ2n) is 13.5. The molecule has 0 fully saturated rings. The lowest BCUT2D eigenvalue weighted by molar-refractivity contribution is -0.153. The van der Waals surface area contributed by atoms with Crippen LogP contribution in [-0.4, -0.2) is 23.1 Å². The normalized spacial score (nSPS) is 12.9. The number of hydrogen-bond donors (Lipinski definition) is 1. The molecule has 0 amide bonds. The Morgan fingerprint density at radius 3 is 1.33 bits per heavy atom. The summed E-state index contributed by atoms with van der Waals surface area (Å²) in [5.74, 6) is -1.14. The number of allylic oxidation sites excluding steroid dienone is 10. The van der Waals surface area contributed by atoms with Crippen molar-refractivity contribution >= 4 is 11.9 Å². The van der Waals surface area contributed by atoms with Crippen LogP contribution in [0.5, 0.6) is 0 Å². The summed E-state index contributed by atoms with van der Waals surface area (Å²) in [5.41, 5.74) is 0. The first-order valence-electron chi connectivity index (χ1n) is 20.3. The van der Waals surface area contributed by atoms with Gasteiger partial charge in [0.2, 0.25) is 0 Å². The van der Waals surface area contributed by atoms with Crippen molar-refractivity contribution in [3.63, 3.8) is 0 Å². The van der Waals surface area contributed by atoms with Crippen molar-refractivity contribution in [3.8, 4) is 0 Å². The molecule has 0 heterocycles. The highest BCUT2D eigenvalue weighted by atomic mass is 16.5. The van der Waals surface area contributed by atoms with Gasteiger partial charge in [0.1, 0.15) is 6.10 Å². The second-order valence-corrected chi connectivity index (χ2v) is 13.5. The van der Waals surface area contributed by atoms with Gasteiger partial charge in [-0.15, -0.1) is 0 Å². The minimum absolute atomic E-state index is 0.0886. The predicted molar refractivity (Wildman–Crippen MR) is 208 cm³/mol. The minimum Gasteiger partial charge on any atom is -0.481 e. The number of hydrogen-bond acceptors (Lipinski definition) is 3. The van der Waals surface area contributed by atoms with E-state index in [0.29, 0.717) is 12.8 Å². The van der Waals surface area contributed by atoms with Crippen LogP contribution in [0.15, 0.2) is 60.8 Å². The van der Waals surface area contributed by atoms with Crippen LogP contribution in [0.2, 0.25) is 0 Å². The third-order valence-electron chi connectivity index (χ3n) is 8.74. The Morgan fingerprint density at radius 1 is 0.500 bits per heavy atom. The molecule has 4 nitrogen and oxygen atoms in total. The fourth-order valence-electron chi connectivity index (χ4n) is 5.82. The summed E-state index contributed by atoms with van der Waals surface area (Å²) >= 11 is 0. The van der Waals surface area contributed by atoms with E-state index in [1.807, 2.05) is 0 Å². The molecule has 276 valence electrons. The first-order chi connectivity index (χ1) is 23.6. The Kier molecular flexibility index (Phi) is 37.2. The number of ether oxygens (including phenoxy) is 1. The molecule has 0 aliphatic heterocycles. The van der Waals surface area contributed by atoms with Crippen molar-refractivity contribution in [3.05, 3.63) is 60.8 Å². The number of carboxylic acids is 1. The average Bonchev–Trinajstić information content (AvgIpc) is 3.06. The van der Waals surface area contributed by atoms with Gasteiger partial charge in [-0.05, 0) is 64.2 Å².